The molecule has 1 N–H and O–H groups in total. The molecule has 2 aromatic rings. The van der Waals surface area contributed by atoms with Crippen LogP contribution in [0.5, 0.6) is 0 Å². The van der Waals surface area contributed by atoms with E-state index in [9.17, 15) is 0 Å². The molecule has 0 amide bonds. The number of nitrogens with one attached hydrogen (secondary N) is 1. The molecule has 3 heteroatoms. The number of likely N-dealkylation sites (tertiary alicyclic amines) is 1. The molecule has 0 bridgehead atoms. The third kappa shape index (κ3) is 1.71. The van der Waals surface area contributed by atoms with Crippen LogP contribution in [-0.2, 0) is 6.54 Å². The molecule has 1 fully saturated rings. The highest BCUT2D eigenvalue weighted by atomic mass is 15.2. The van der Waals surface area contributed by atoms with Gasteiger partial charge >= 0.3 is 0 Å². The zero-order valence-electron chi connectivity index (χ0n) is 9.66. The number of fused-ring (bicyclic) bond motifs is 1. The number of aryl methyl sites for hydroxylation is 1. The second-order valence-electron chi connectivity index (χ2n) is 4.71. The molecule has 0 saturated carbocycles. The molecule has 1 aliphatic rings. The van der Waals surface area contributed by atoms with Crippen molar-refractivity contribution in [2.24, 2.45) is 0 Å². The Kier molecular flexibility index (Phi) is 2.40. The van der Waals surface area contributed by atoms with Crippen molar-refractivity contribution in [3.8, 4) is 0 Å². The summed E-state index contributed by atoms with van der Waals surface area (Å²) in [5.74, 6) is 0. The molecule has 1 aromatic carbocycles. The maximum absolute atomic E-state index is 4.35. The lowest BCUT2D eigenvalue weighted by Gasteiger charge is -2.12. The smallest absolute Gasteiger partial charge is 0.0924 e. The van der Waals surface area contributed by atoms with Crippen LogP contribution in [0.4, 0.5) is 0 Å². The van der Waals surface area contributed by atoms with Crippen LogP contribution < -0.4 is 0 Å². The van der Waals surface area contributed by atoms with E-state index >= 15 is 0 Å². The van der Waals surface area contributed by atoms with Crippen LogP contribution in [0.25, 0.3) is 10.9 Å². The average Bonchev–Trinajstić information content (AvgIpc) is 2.90. The van der Waals surface area contributed by atoms with Crippen molar-refractivity contribution in [3.05, 3.63) is 29.5 Å². The van der Waals surface area contributed by atoms with Gasteiger partial charge < -0.3 is 0 Å². The van der Waals surface area contributed by atoms with Crippen molar-refractivity contribution < 1.29 is 0 Å². The van der Waals surface area contributed by atoms with Gasteiger partial charge in [-0.25, -0.2) is 0 Å². The quantitative estimate of drug-likeness (QED) is 0.834. The van der Waals surface area contributed by atoms with Crippen molar-refractivity contribution in [2.45, 2.75) is 26.3 Å². The fourth-order valence-corrected chi connectivity index (χ4v) is 2.46. The van der Waals surface area contributed by atoms with Gasteiger partial charge in [-0.1, -0.05) is 11.6 Å². The number of H-pyrrole nitrogens is 1. The standard InChI is InChI=1S/C13H17N3/c1-10-4-5-12-11(8-10)13(15-14-12)9-16-6-2-3-7-16/h4-5,8H,2-3,6-7,9H2,1H3,(H,14,15). The van der Waals surface area contributed by atoms with Crippen molar-refractivity contribution >= 4 is 10.9 Å². The molecule has 84 valence electrons. The molecule has 3 nitrogen and oxygen atoms in total. The normalized spacial score (nSPS) is 17.3. The number of rotatable bonds is 2. The summed E-state index contributed by atoms with van der Waals surface area (Å²) in [6.07, 6.45) is 2.68. The molecule has 1 saturated heterocycles. The highest BCUT2D eigenvalue weighted by Gasteiger charge is 2.14. The number of nitrogens with zero attached hydrogens (tertiary/aromatic N) is 2. The van der Waals surface area contributed by atoms with Crippen molar-refractivity contribution in [3.63, 3.8) is 0 Å². The maximum atomic E-state index is 4.35. The van der Waals surface area contributed by atoms with Gasteiger partial charge in [0.25, 0.3) is 0 Å². The summed E-state index contributed by atoms with van der Waals surface area (Å²) in [5.41, 5.74) is 3.65. The summed E-state index contributed by atoms with van der Waals surface area (Å²) in [6, 6.07) is 6.43. The molecule has 0 radical (unpaired) electrons. The molecule has 0 unspecified atom stereocenters. The van der Waals surface area contributed by atoms with Gasteiger partial charge in [-0.2, -0.15) is 5.10 Å². The molecule has 0 aliphatic carbocycles. The largest absolute Gasteiger partial charge is 0.298 e. The first-order chi connectivity index (χ1) is 7.83. The van der Waals surface area contributed by atoms with E-state index in [0.29, 0.717) is 0 Å². The molecule has 1 aliphatic heterocycles. The van der Waals surface area contributed by atoms with Crippen LogP contribution >= 0.6 is 0 Å². The second-order valence-corrected chi connectivity index (χ2v) is 4.71. The summed E-state index contributed by atoms with van der Waals surface area (Å²) >= 11 is 0. The van der Waals surface area contributed by atoms with E-state index in [1.807, 2.05) is 0 Å². The molecule has 3 rings (SSSR count). The van der Waals surface area contributed by atoms with Gasteiger partial charge in [0.2, 0.25) is 0 Å². The average molecular weight is 215 g/mol. The first kappa shape index (κ1) is 9.85. The second kappa shape index (κ2) is 3.91. The summed E-state index contributed by atoms with van der Waals surface area (Å²) in [4.78, 5) is 2.50. The van der Waals surface area contributed by atoms with Crippen molar-refractivity contribution in [1.82, 2.24) is 15.1 Å². The highest BCUT2D eigenvalue weighted by Crippen LogP contribution is 2.20. The Morgan fingerprint density at radius 2 is 2.12 bits per heavy atom. The lowest BCUT2D eigenvalue weighted by molar-refractivity contribution is 0.328. The lowest BCUT2D eigenvalue weighted by Crippen LogP contribution is -2.18. The van der Waals surface area contributed by atoms with Gasteiger partial charge in [0.1, 0.15) is 0 Å². The first-order valence-corrected chi connectivity index (χ1v) is 5.99. The number of aromatic nitrogens is 2. The maximum Gasteiger partial charge on any atom is 0.0924 e. The van der Waals surface area contributed by atoms with Crippen LogP contribution in [-0.4, -0.2) is 28.2 Å². The Morgan fingerprint density at radius 3 is 2.94 bits per heavy atom. The highest BCUT2D eigenvalue weighted by molar-refractivity contribution is 5.81. The van der Waals surface area contributed by atoms with Crippen molar-refractivity contribution in [1.29, 1.82) is 0 Å². The molecule has 0 atom stereocenters. The van der Waals surface area contributed by atoms with E-state index in [1.165, 1.54) is 42.6 Å². The topological polar surface area (TPSA) is 31.9 Å². The van der Waals surface area contributed by atoms with Crippen LogP contribution in [0, 0.1) is 6.92 Å². The zero-order valence-corrected chi connectivity index (χ0v) is 9.66. The third-order valence-electron chi connectivity index (χ3n) is 3.37. The van der Waals surface area contributed by atoms with E-state index in [1.54, 1.807) is 0 Å². The third-order valence-corrected chi connectivity index (χ3v) is 3.37. The van der Waals surface area contributed by atoms with Crippen LogP contribution in [0.15, 0.2) is 18.2 Å². The monoisotopic (exact) mass is 215 g/mol. The molecule has 1 aromatic heterocycles. The van der Waals surface area contributed by atoms with E-state index in [4.69, 9.17) is 0 Å². The van der Waals surface area contributed by atoms with Gasteiger partial charge in [0, 0.05) is 11.9 Å². The first-order valence-electron chi connectivity index (χ1n) is 5.99. The molecular formula is C13H17N3. The minimum absolute atomic E-state index is 1.01. The Labute approximate surface area is 95.5 Å². The minimum Gasteiger partial charge on any atom is -0.298 e. The van der Waals surface area contributed by atoms with Gasteiger partial charge in [-0.05, 0) is 45.0 Å². The molecule has 0 spiro atoms. The summed E-state index contributed by atoms with van der Waals surface area (Å²) in [5, 5.41) is 8.81. The summed E-state index contributed by atoms with van der Waals surface area (Å²) < 4.78 is 0. The van der Waals surface area contributed by atoms with E-state index < -0.39 is 0 Å². The van der Waals surface area contributed by atoms with Crippen LogP contribution in [0.1, 0.15) is 24.1 Å². The van der Waals surface area contributed by atoms with Gasteiger partial charge in [0.15, 0.2) is 0 Å². The number of hydrogen-bond acceptors (Lipinski definition) is 2. The summed E-state index contributed by atoms with van der Waals surface area (Å²) in [6.45, 7) is 5.60. The predicted molar refractivity (Wildman–Crippen MR) is 65.3 cm³/mol. The Balaban J connectivity index is 1.93. The Hall–Kier alpha value is -1.35. The Morgan fingerprint density at radius 1 is 1.31 bits per heavy atom. The molecule has 16 heavy (non-hydrogen) atoms. The van der Waals surface area contributed by atoms with Crippen LogP contribution in [0.2, 0.25) is 0 Å². The zero-order chi connectivity index (χ0) is 11.0. The van der Waals surface area contributed by atoms with Crippen LogP contribution in [0.3, 0.4) is 0 Å². The van der Waals surface area contributed by atoms with E-state index in [-0.39, 0.29) is 0 Å². The number of aromatic amines is 1. The lowest BCUT2D eigenvalue weighted by atomic mass is 10.1. The predicted octanol–water partition coefficient (Wildman–Crippen LogP) is 2.47. The number of hydrogen-bond donors (Lipinski definition) is 1. The Bertz CT molecular complexity index is 495. The van der Waals surface area contributed by atoms with E-state index in [0.717, 1.165) is 12.1 Å². The molecule has 2 heterocycles. The van der Waals surface area contributed by atoms with E-state index in [2.05, 4.69) is 40.2 Å². The summed E-state index contributed by atoms with van der Waals surface area (Å²) in [7, 11) is 0. The van der Waals surface area contributed by atoms with Gasteiger partial charge in [-0.15, -0.1) is 0 Å². The van der Waals surface area contributed by atoms with Gasteiger partial charge in [0.05, 0.1) is 11.2 Å². The number of benzene rings is 1. The van der Waals surface area contributed by atoms with Gasteiger partial charge in [-0.3, -0.25) is 10.00 Å². The fraction of sp³-hybridized carbons (Fsp3) is 0.462. The SMILES string of the molecule is Cc1ccc2n[nH]c(CN3CCCC3)c2c1. The minimum atomic E-state index is 1.01. The van der Waals surface area contributed by atoms with Crippen molar-refractivity contribution in [2.75, 3.05) is 13.1 Å². The molecular weight excluding hydrogens is 198 g/mol. The fourth-order valence-electron chi connectivity index (χ4n) is 2.46.